The Bertz CT molecular complexity index is 723. The Balaban J connectivity index is 1.66. The second-order valence-corrected chi connectivity index (χ2v) is 10.2. The fraction of sp³-hybridized carbons (Fsp3) is 0.571. The van der Waals surface area contributed by atoms with E-state index in [1.165, 1.54) is 4.31 Å². The predicted molar refractivity (Wildman–Crippen MR) is 86.2 cm³/mol. The molecule has 3 rings (SSSR count). The third-order valence-corrected chi connectivity index (χ3v) is 8.64. The number of benzene rings is 1. The van der Waals surface area contributed by atoms with E-state index in [1.54, 1.807) is 0 Å². The highest BCUT2D eigenvalue weighted by Crippen LogP contribution is 2.24. The van der Waals surface area contributed by atoms with Crippen LogP contribution in [0, 0.1) is 0 Å². The molecule has 2 saturated heterocycles. The summed E-state index contributed by atoms with van der Waals surface area (Å²) < 4.78 is 49.6. The molecule has 0 amide bonds. The monoisotopic (exact) mass is 344 g/mol. The fourth-order valence-electron chi connectivity index (χ4n) is 3.05. The number of anilines is 1. The topological polar surface area (TPSA) is 74.8 Å². The number of rotatable bonds is 3. The van der Waals surface area contributed by atoms with E-state index >= 15 is 0 Å². The summed E-state index contributed by atoms with van der Waals surface area (Å²) in [5, 5.41) is -0.763. The average molecular weight is 344 g/mol. The molecule has 2 aliphatic heterocycles. The zero-order valence-corrected chi connectivity index (χ0v) is 13.9. The van der Waals surface area contributed by atoms with Crippen LogP contribution in [0.2, 0.25) is 0 Å². The summed E-state index contributed by atoms with van der Waals surface area (Å²) in [6.07, 6.45) is 0.226. The number of para-hydroxylation sites is 1. The van der Waals surface area contributed by atoms with Crippen molar-refractivity contribution in [2.75, 3.05) is 42.6 Å². The predicted octanol–water partition coefficient (Wildman–Crippen LogP) is 0.326. The Morgan fingerprint density at radius 2 is 1.64 bits per heavy atom. The molecule has 0 bridgehead atoms. The molecule has 2 heterocycles. The van der Waals surface area contributed by atoms with Crippen molar-refractivity contribution in [2.24, 2.45) is 0 Å². The maximum atomic E-state index is 12.6. The van der Waals surface area contributed by atoms with Gasteiger partial charge >= 0.3 is 0 Å². The Kier molecular flexibility index (Phi) is 4.17. The lowest BCUT2D eigenvalue weighted by Gasteiger charge is -2.36. The molecule has 122 valence electrons. The van der Waals surface area contributed by atoms with Crippen LogP contribution >= 0.6 is 0 Å². The first kappa shape index (κ1) is 15.8. The first-order valence-corrected chi connectivity index (χ1v) is 10.7. The standard InChI is InChI=1S/C14H20N2O4S2/c17-21(18)11-6-14(12-21)22(19,20)16-9-7-15(8-10-16)13-4-2-1-3-5-13/h1-5,14H,6-12H2/t14-/m1/s1. The van der Waals surface area contributed by atoms with Crippen molar-refractivity contribution < 1.29 is 16.8 Å². The highest BCUT2D eigenvalue weighted by atomic mass is 32.2. The summed E-state index contributed by atoms with van der Waals surface area (Å²) in [6.45, 7) is 2.08. The van der Waals surface area contributed by atoms with Gasteiger partial charge in [0, 0.05) is 31.9 Å². The van der Waals surface area contributed by atoms with Gasteiger partial charge in [-0.2, -0.15) is 4.31 Å². The second kappa shape index (κ2) is 5.82. The van der Waals surface area contributed by atoms with E-state index in [2.05, 4.69) is 4.90 Å². The number of hydrogen-bond acceptors (Lipinski definition) is 5. The van der Waals surface area contributed by atoms with Gasteiger partial charge in [0.05, 0.1) is 16.8 Å². The lowest BCUT2D eigenvalue weighted by atomic mass is 10.2. The Morgan fingerprint density at radius 1 is 1.00 bits per heavy atom. The van der Waals surface area contributed by atoms with Crippen LogP contribution in [0.15, 0.2) is 30.3 Å². The molecule has 0 unspecified atom stereocenters. The molecule has 0 saturated carbocycles. The van der Waals surface area contributed by atoms with Crippen LogP contribution in [-0.2, 0) is 19.9 Å². The van der Waals surface area contributed by atoms with Crippen molar-refractivity contribution in [3.05, 3.63) is 30.3 Å². The van der Waals surface area contributed by atoms with Crippen LogP contribution in [0.25, 0.3) is 0 Å². The summed E-state index contributed by atoms with van der Waals surface area (Å²) in [4.78, 5) is 2.15. The van der Waals surface area contributed by atoms with Crippen LogP contribution in [0.4, 0.5) is 5.69 Å². The molecule has 2 fully saturated rings. The molecule has 1 atom stereocenters. The highest BCUT2D eigenvalue weighted by Gasteiger charge is 2.41. The van der Waals surface area contributed by atoms with E-state index in [-0.39, 0.29) is 17.9 Å². The van der Waals surface area contributed by atoms with Gasteiger partial charge in [-0.1, -0.05) is 18.2 Å². The smallest absolute Gasteiger partial charge is 0.218 e. The van der Waals surface area contributed by atoms with Gasteiger partial charge in [0.2, 0.25) is 10.0 Å². The van der Waals surface area contributed by atoms with E-state index in [1.807, 2.05) is 30.3 Å². The molecule has 2 aliphatic rings. The van der Waals surface area contributed by atoms with Crippen LogP contribution in [0.3, 0.4) is 0 Å². The lowest BCUT2D eigenvalue weighted by molar-refractivity contribution is 0.380. The molecule has 1 aromatic carbocycles. The summed E-state index contributed by atoms with van der Waals surface area (Å²) in [7, 11) is -6.70. The quantitative estimate of drug-likeness (QED) is 0.790. The zero-order chi connectivity index (χ0) is 15.8. The van der Waals surface area contributed by atoms with Gasteiger partial charge in [-0.25, -0.2) is 16.8 Å². The Labute approximate surface area is 131 Å². The molecular weight excluding hydrogens is 324 g/mol. The van der Waals surface area contributed by atoms with Gasteiger partial charge in [-0.05, 0) is 18.6 Å². The lowest BCUT2D eigenvalue weighted by Crippen LogP contribution is -2.51. The van der Waals surface area contributed by atoms with Gasteiger partial charge in [-0.3, -0.25) is 0 Å². The van der Waals surface area contributed by atoms with E-state index < -0.39 is 25.1 Å². The molecule has 0 aromatic heterocycles. The van der Waals surface area contributed by atoms with E-state index in [9.17, 15) is 16.8 Å². The van der Waals surface area contributed by atoms with Crippen molar-refractivity contribution in [1.29, 1.82) is 0 Å². The van der Waals surface area contributed by atoms with Crippen molar-refractivity contribution >= 4 is 25.5 Å². The minimum atomic E-state index is -3.51. The first-order valence-electron chi connectivity index (χ1n) is 7.38. The van der Waals surface area contributed by atoms with E-state index in [0.717, 1.165) is 5.69 Å². The van der Waals surface area contributed by atoms with Gasteiger partial charge in [-0.15, -0.1) is 0 Å². The molecule has 0 N–H and O–H groups in total. The number of sulfone groups is 1. The minimum Gasteiger partial charge on any atom is -0.369 e. The molecule has 0 aliphatic carbocycles. The van der Waals surface area contributed by atoms with Gasteiger partial charge in [0.1, 0.15) is 0 Å². The summed E-state index contributed by atoms with van der Waals surface area (Å²) >= 11 is 0. The largest absolute Gasteiger partial charge is 0.369 e. The molecular formula is C14H20N2O4S2. The summed E-state index contributed by atoms with van der Waals surface area (Å²) in [5.41, 5.74) is 1.09. The maximum absolute atomic E-state index is 12.6. The molecule has 6 nitrogen and oxygen atoms in total. The van der Waals surface area contributed by atoms with Gasteiger partial charge < -0.3 is 4.90 Å². The Morgan fingerprint density at radius 3 is 2.18 bits per heavy atom. The number of sulfonamides is 1. The van der Waals surface area contributed by atoms with Gasteiger partial charge in [0.25, 0.3) is 0 Å². The van der Waals surface area contributed by atoms with Crippen molar-refractivity contribution in [3.63, 3.8) is 0 Å². The Hall–Kier alpha value is -1.12. The normalized spacial score (nSPS) is 26.2. The van der Waals surface area contributed by atoms with Crippen molar-refractivity contribution in [3.8, 4) is 0 Å². The minimum absolute atomic E-state index is 0.0130. The number of piperazine rings is 1. The van der Waals surface area contributed by atoms with E-state index in [0.29, 0.717) is 26.2 Å². The van der Waals surface area contributed by atoms with Crippen LogP contribution in [0.5, 0.6) is 0 Å². The fourth-order valence-corrected chi connectivity index (χ4v) is 7.56. The highest BCUT2D eigenvalue weighted by molar-refractivity contribution is 7.95. The molecule has 1 aromatic rings. The molecule has 8 heteroatoms. The molecule has 22 heavy (non-hydrogen) atoms. The van der Waals surface area contributed by atoms with Crippen LogP contribution in [-0.4, -0.2) is 64.1 Å². The van der Waals surface area contributed by atoms with Crippen molar-refractivity contribution in [2.45, 2.75) is 11.7 Å². The SMILES string of the molecule is O=S1(=O)CC[C@@H](S(=O)(=O)N2CCN(c3ccccc3)CC2)C1. The first-order chi connectivity index (χ1) is 10.4. The van der Waals surface area contributed by atoms with Crippen LogP contribution in [0.1, 0.15) is 6.42 Å². The maximum Gasteiger partial charge on any atom is 0.218 e. The summed E-state index contributed by atoms with van der Waals surface area (Å²) in [6, 6.07) is 9.88. The third kappa shape index (κ3) is 3.13. The van der Waals surface area contributed by atoms with Crippen molar-refractivity contribution in [1.82, 2.24) is 4.31 Å². The summed E-state index contributed by atoms with van der Waals surface area (Å²) in [5.74, 6) is -0.241. The average Bonchev–Trinajstić information content (AvgIpc) is 2.89. The third-order valence-electron chi connectivity index (χ3n) is 4.33. The molecule has 0 spiro atoms. The second-order valence-electron chi connectivity index (χ2n) is 5.79. The zero-order valence-electron chi connectivity index (χ0n) is 12.3. The number of nitrogens with zero attached hydrogens (tertiary/aromatic N) is 2. The number of hydrogen-bond donors (Lipinski definition) is 0. The van der Waals surface area contributed by atoms with Crippen LogP contribution < -0.4 is 4.90 Å². The van der Waals surface area contributed by atoms with E-state index in [4.69, 9.17) is 0 Å². The molecule has 0 radical (unpaired) electrons. The van der Waals surface area contributed by atoms with Gasteiger partial charge in [0.15, 0.2) is 9.84 Å².